The molecule has 0 unspecified atom stereocenters. The number of aliphatic hydroxyl groups excluding tert-OH is 2. The first kappa shape index (κ1) is 19.9. The Kier molecular flexibility index (Phi) is 5.99. The van der Waals surface area contributed by atoms with Crippen LogP contribution >= 0.6 is 0 Å². The van der Waals surface area contributed by atoms with Gasteiger partial charge >= 0.3 is 11.7 Å². The molecule has 0 spiro atoms. The number of H-pyrrole nitrogens is 1. The van der Waals surface area contributed by atoms with Crippen molar-refractivity contribution in [2.45, 2.75) is 37.0 Å². The highest BCUT2D eigenvalue weighted by Gasteiger charge is 2.45. The van der Waals surface area contributed by atoms with Gasteiger partial charge in [-0.3, -0.25) is 14.6 Å². The lowest BCUT2D eigenvalue weighted by Crippen LogP contribution is -2.40. The van der Waals surface area contributed by atoms with Crippen LogP contribution in [0.5, 0.6) is 0 Å². The van der Waals surface area contributed by atoms with Crippen LogP contribution in [0, 0.1) is 0 Å². The number of hydrogen-bond donors (Lipinski definition) is 4. The van der Waals surface area contributed by atoms with Gasteiger partial charge in [-0.2, -0.15) is 9.78 Å². The van der Waals surface area contributed by atoms with Crippen molar-refractivity contribution in [1.82, 2.24) is 14.8 Å². The van der Waals surface area contributed by atoms with E-state index in [1.807, 2.05) is 35.3 Å². The quantitative estimate of drug-likeness (QED) is 0.394. The zero-order valence-electron chi connectivity index (χ0n) is 14.7. The van der Waals surface area contributed by atoms with Crippen LogP contribution in [-0.4, -0.2) is 61.9 Å². The monoisotopic (exact) mass is 392 g/mol. The van der Waals surface area contributed by atoms with E-state index in [9.17, 15) is 24.6 Å². The van der Waals surface area contributed by atoms with E-state index in [0.29, 0.717) is 4.68 Å². The number of aliphatic hydroxyl groups is 2. The zero-order chi connectivity index (χ0) is 20.3. The molecular weight excluding hydrogens is 372 g/mol. The van der Waals surface area contributed by atoms with E-state index in [4.69, 9.17) is 15.2 Å². The predicted octanol–water partition coefficient (Wildman–Crippen LogP) is -2.34. The molecule has 1 aromatic heterocycles. The van der Waals surface area contributed by atoms with Gasteiger partial charge in [-0.05, 0) is 12.0 Å². The highest BCUT2D eigenvalue weighted by molar-refractivity contribution is 5.75. The molecule has 5 atom stereocenters. The van der Waals surface area contributed by atoms with Crippen LogP contribution in [-0.2, 0) is 20.7 Å². The number of benzene rings is 1. The first-order valence-corrected chi connectivity index (χ1v) is 8.52. The normalized spacial score (nSPS) is 25.4. The Morgan fingerprint density at radius 2 is 2.00 bits per heavy atom. The summed E-state index contributed by atoms with van der Waals surface area (Å²) in [7, 11) is 0. The van der Waals surface area contributed by atoms with E-state index in [0.717, 1.165) is 11.8 Å². The number of carbonyl (C=O) groups excluding carboxylic acids is 1. The number of esters is 1. The Hall–Kier alpha value is -2.86. The molecule has 150 valence electrons. The highest BCUT2D eigenvalue weighted by atomic mass is 16.6. The molecule has 0 saturated carbocycles. The van der Waals surface area contributed by atoms with Crippen molar-refractivity contribution in [2.24, 2.45) is 5.73 Å². The SMILES string of the molecule is N[C@@H](Cc1ccccc1)C(=O)OC[C@H]1O[C@@H](n2ncc(=O)[nH]c2=O)[C@H](O)[C@@H]1O. The smallest absolute Gasteiger partial charge is 0.347 e. The summed E-state index contributed by atoms with van der Waals surface area (Å²) in [6.45, 7) is -0.381. The third-order valence-corrected chi connectivity index (χ3v) is 4.31. The fourth-order valence-electron chi connectivity index (χ4n) is 2.83. The molecule has 0 amide bonds. The highest BCUT2D eigenvalue weighted by Crippen LogP contribution is 2.27. The maximum atomic E-state index is 12.1. The average Bonchev–Trinajstić information content (AvgIpc) is 2.95. The number of carbonyl (C=O) groups is 1. The molecule has 0 aliphatic carbocycles. The topological polar surface area (TPSA) is 170 Å². The summed E-state index contributed by atoms with van der Waals surface area (Å²) in [5.41, 5.74) is 5.07. The number of aromatic amines is 1. The number of nitrogens with one attached hydrogen (secondary N) is 1. The molecular formula is C17H20N4O7. The van der Waals surface area contributed by atoms with Crippen LogP contribution in [0.2, 0.25) is 0 Å². The summed E-state index contributed by atoms with van der Waals surface area (Å²) in [5, 5.41) is 23.8. The van der Waals surface area contributed by atoms with Crippen molar-refractivity contribution < 1.29 is 24.5 Å². The van der Waals surface area contributed by atoms with Gasteiger partial charge in [0, 0.05) is 0 Å². The molecule has 28 heavy (non-hydrogen) atoms. The molecule has 1 aliphatic rings. The summed E-state index contributed by atoms with van der Waals surface area (Å²) in [5.74, 6) is -0.697. The van der Waals surface area contributed by atoms with E-state index < -0.39 is 47.8 Å². The third kappa shape index (κ3) is 4.34. The van der Waals surface area contributed by atoms with Crippen LogP contribution in [0.4, 0.5) is 0 Å². The third-order valence-electron chi connectivity index (χ3n) is 4.31. The molecule has 0 radical (unpaired) electrons. The van der Waals surface area contributed by atoms with Crippen LogP contribution in [0.3, 0.4) is 0 Å². The minimum atomic E-state index is -1.52. The van der Waals surface area contributed by atoms with Crippen LogP contribution < -0.4 is 17.0 Å². The number of rotatable bonds is 6. The number of hydrogen-bond acceptors (Lipinski definition) is 9. The molecule has 0 bridgehead atoms. The summed E-state index contributed by atoms with van der Waals surface area (Å²) in [6, 6.07) is 8.23. The van der Waals surface area contributed by atoms with E-state index in [2.05, 4.69) is 5.10 Å². The second-order valence-corrected chi connectivity index (χ2v) is 6.36. The molecule has 1 aromatic carbocycles. The average molecular weight is 392 g/mol. The van der Waals surface area contributed by atoms with Gasteiger partial charge in [0.25, 0.3) is 5.56 Å². The molecule has 1 fully saturated rings. The predicted molar refractivity (Wildman–Crippen MR) is 94.1 cm³/mol. The first-order valence-electron chi connectivity index (χ1n) is 8.52. The van der Waals surface area contributed by atoms with Gasteiger partial charge in [0.15, 0.2) is 6.23 Å². The summed E-state index contributed by atoms with van der Waals surface area (Å²) >= 11 is 0. The van der Waals surface area contributed by atoms with Gasteiger partial charge in [-0.15, -0.1) is 0 Å². The molecule has 11 heteroatoms. The molecule has 3 rings (SSSR count). The van der Waals surface area contributed by atoms with E-state index >= 15 is 0 Å². The van der Waals surface area contributed by atoms with Crippen molar-refractivity contribution >= 4 is 5.97 Å². The molecule has 1 aliphatic heterocycles. The van der Waals surface area contributed by atoms with Crippen molar-refractivity contribution in [3.05, 3.63) is 62.9 Å². The van der Waals surface area contributed by atoms with Gasteiger partial charge in [-0.1, -0.05) is 30.3 Å². The number of aromatic nitrogens is 3. The fraction of sp³-hybridized carbons (Fsp3) is 0.412. The van der Waals surface area contributed by atoms with Gasteiger partial charge in [0.2, 0.25) is 0 Å². The lowest BCUT2D eigenvalue weighted by atomic mass is 10.1. The molecule has 1 saturated heterocycles. The lowest BCUT2D eigenvalue weighted by Gasteiger charge is -2.17. The molecule has 11 nitrogen and oxygen atoms in total. The van der Waals surface area contributed by atoms with Crippen molar-refractivity contribution in [3.63, 3.8) is 0 Å². The fourth-order valence-corrected chi connectivity index (χ4v) is 2.83. The van der Waals surface area contributed by atoms with Gasteiger partial charge in [-0.25, -0.2) is 4.79 Å². The summed E-state index contributed by atoms with van der Waals surface area (Å²) < 4.78 is 11.2. The second kappa shape index (κ2) is 8.44. The van der Waals surface area contributed by atoms with Crippen LogP contribution in [0.25, 0.3) is 0 Å². The Morgan fingerprint density at radius 3 is 2.68 bits per heavy atom. The molecule has 5 N–H and O–H groups in total. The maximum Gasteiger partial charge on any atom is 0.347 e. The van der Waals surface area contributed by atoms with Crippen molar-refractivity contribution in [2.75, 3.05) is 6.61 Å². The second-order valence-electron chi connectivity index (χ2n) is 6.36. The van der Waals surface area contributed by atoms with Crippen LogP contribution in [0.15, 0.2) is 46.1 Å². The van der Waals surface area contributed by atoms with E-state index in [1.54, 1.807) is 0 Å². The van der Waals surface area contributed by atoms with Crippen LogP contribution in [0.1, 0.15) is 11.8 Å². The minimum Gasteiger partial charge on any atom is -0.462 e. The van der Waals surface area contributed by atoms with Gasteiger partial charge < -0.3 is 25.4 Å². The van der Waals surface area contributed by atoms with E-state index in [1.165, 1.54) is 0 Å². The molecule has 2 heterocycles. The van der Waals surface area contributed by atoms with Gasteiger partial charge in [0.05, 0.1) is 0 Å². The Balaban J connectivity index is 1.59. The van der Waals surface area contributed by atoms with Crippen molar-refractivity contribution in [3.8, 4) is 0 Å². The van der Waals surface area contributed by atoms with E-state index in [-0.39, 0.29) is 13.0 Å². The minimum absolute atomic E-state index is 0.274. The Labute approximate surface area is 158 Å². The number of nitrogens with two attached hydrogens (primary N) is 1. The first-order chi connectivity index (χ1) is 13.4. The zero-order valence-corrected chi connectivity index (χ0v) is 14.7. The van der Waals surface area contributed by atoms with Gasteiger partial charge in [0.1, 0.15) is 37.2 Å². The standard InChI is InChI=1S/C17H20N4O7/c18-10(6-9-4-2-1-3-5-9)16(25)27-8-11-13(23)14(24)15(28-11)21-17(26)20-12(22)7-19-21/h1-5,7,10-11,13-15,23-24H,6,8,18H2,(H,20,22,26)/t10-,11+,13+,14+,15+/m0/s1. The molecule has 2 aromatic rings. The number of ether oxygens (including phenoxy) is 2. The number of nitrogens with zero attached hydrogens (tertiary/aromatic N) is 2. The Morgan fingerprint density at radius 1 is 1.29 bits per heavy atom. The lowest BCUT2D eigenvalue weighted by molar-refractivity contribution is -0.151. The Bertz CT molecular complexity index is 929. The largest absolute Gasteiger partial charge is 0.462 e. The maximum absolute atomic E-state index is 12.1. The summed E-state index contributed by atoms with van der Waals surface area (Å²) in [4.78, 5) is 36.9. The summed E-state index contributed by atoms with van der Waals surface area (Å²) in [6.07, 6.45) is -4.30. The van der Waals surface area contributed by atoms with Crippen molar-refractivity contribution in [1.29, 1.82) is 0 Å².